The van der Waals surface area contributed by atoms with Crippen molar-refractivity contribution in [2.75, 3.05) is 13.7 Å². The molecule has 0 saturated carbocycles. The van der Waals surface area contributed by atoms with Gasteiger partial charge in [-0.25, -0.2) is 4.98 Å². The SMILES string of the molecule is COC(=O)CCNC(=O)c1ccc2c(c1)C(c1ccccc1Cl)=NCc1ncc(C)n1-2. The van der Waals surface area contributed by atoms with E-state index in [0.717, 1.165) is 28.3 Å². The molecule has 0 saturated heterocycles. The molecule has 158 valence electrons. The van der Waals surface area contributed by atoms with E-state index in [1.165, 1.54) is 7.11 Å². The van der Waals surface area contributed by atoms with Crippen LogP contribution in [0.4, 0.5) is 0 Å². The summed E-state index contributed by atoms with van der Waals surface area (Å²) in [5.41, 5.74) is 4.60. The molecule has 0 atom stereocenters. The number of esters is 1. The molecule has 0 aliphatic carbocycles. The van der Waals surface area contributed by atoms with E-state index in [4.69, 9.17) is 16.6 Å². The van der Waals surface area contributed by atoms with Crippen LogP contribution in [0.15, 0.2) is 53.7 Å². The van der Waals surface area contributed by atoms with Crippen molar-refractivity contribution in [1.29, 1.82) is 0 Å². The summed E-state index contributed by atoms with van der Waals surface area (Å²) in [5.74, 6) is 0.159. The maximum absolute atomic E-state index is 12.7. The van der Waals surface area contributed by atoms with Crippen LogP contribution in [0.5, 0.6) is 0 Å². The Labute approximate surface area is 184 Å². The molecule has 1 aliphatic rings. The van der Waals surface area contributed by atoms with E-state index in [1.807, 2.05) is 48.0 Å². The van der Waals surface area contributed by atoms with Gasteiger partial charge in [0.1, 0.15) is 5.82 Å². The number of ether oxygens (including phenoxy) is 1. The van der Waals surface area contributed by atoms with Crippen molar-refractivity contribution >= 4 is 29.2 Å². The number of nitrogens with one attached hydrogen (secondary N) is 1. The summed E-state index contributed by atoms with van der Waals surface area (Å²) in [6, 6.07) is 12.9. The first-order valence-electron chi connectivity index (χ1n) is 9.82. The monoisotopic (exact) mass is 436 g/mol. The zero-order valence-electron chi connectivity index (χ0n) is 17.2. The van der Waals surface area contributed by atoms with E-state index in [9.17, 15) is 9.59 Å². The quantitative estimate of drug-likeness (QED) is 0.620. The lowest BCUT2D eigenvalue weighted by molar-refractivity contribution is -0.140. The van der Waals surface area contributed by atoms with E-state index in [1.54, 1.807) is 12.1 Å². The van der Waals surface area contributed by atoms with Crippen LogP contribution in [0.1, 0.15) is 39.4 Å². The molecule has 2 aromatic carbocycles. The summed E-state index contributed by atoms with van der Waals surface area (Å²) >= 11 is 6.48. The van der Waals surface area contributed by atoms with Crippen LogP contribution >= 0.6 is 11.6 Å². The number of carbonyl (C=O) groups excluding carboxylic acids is 2. The fraction of sp³-hybridized carbons (Fsp3) is 0.217. The van der Waals surface area contributed by atoms with Crippen molar-refractivity contribution in [3.8, 4) is 5.69 Å². The zero-order chi connectivity index (χ0) is 22.0. The number of aryl methyl sites for hydroxylation is 1. The molecule has 7 nitrogen and oxygen atoms in total. The second kappa shape index (κ2) is 8.73. The van der Waals surface area contributed by atoms with Gasteiger partial charge in [0.25, 0.3) is 5.91 Å². The van der Waals surface area contributed by atoms with Crippen LogP contribution in [0.25, 0.3) is 5.69 Å². The summed E-state index contributed by atoms with van der Waals surface area (Å²) in [6.07, 6.45) is 1.92. The first-order chi connectivity index (χ1) is 15.0. The average Bonchev–Trinajstić information content (AvgIpc) is 3.06. The predicted molar refractivity (Wildman–Crippen MR) is 118 cm³/mol. The van der Waals surface area contributed by atoms with Gasteiger partial charge in [-0.05, 0) is 31.2 Å². The number of methoxy groups -OCH3 is 1. The molecular formula is C23H21ClN4O3. The molecule has 1 aromatic heterocycles. The Kier molecular flexibility index (Phi) is 5.86. The summed E-state index contributed by atoms with van der Waals surface area (Å²) in [6.45, 7) is 2.57. The zero-order valence-corrected chi connectivity index (χ0v) is 17.9. The van der Waals surface area contributed by atoms with Gasteiger partial charge in [0.05, 0.1) is 31.5 Å². The Morgan fingerprint density at radius 2 is 2.00 bits per heavy atom. The van der Waals surface area contributed by atoms with Crippen molar-refractivity contribution in [3.63, 3.8) is 0 Å². The molecular weight excluding hydrogens is 416 g/mol. The topological polar surface area (TPSA) is 85.6 Å². The summed E-state index contributed by atoms with van der Waals surface area (Å²) < 4.78 is 6.65. The third-order valence-electron chi connectivity index (χ3n) is 5.12. The lowest BCUT2D eigenvalue weighted by Gasteiger charge is -2.15. The molecule has 1 amide bonds. The van der Waals surface area contributed by atoms with E-state index < -0.39 is 0 Å². The van der Waals surface area contributed by atoms with E-state index in [0.29, 0.717) is 22.8 Å². The predicted octanol–water partition coefficient (Wildman–Crippen LogP) is 3.48. The van der Waals surface area contributed by atoms with Gasteiger partial charge in [0.15, 0.2) is 0 Å². The first-order valence-corrected chi connectivity index (χ1v) is 10.2. The van der Waals surface area contributed by atoms with Crippen molar-refractivity contribution < 1.29 is 14.3 Å². The minimum atomic E-state index is -0.376. The van der Waals surface area contributed by atoms with Gasteiger partial charge >= 0.3 is 5.97 Å². The molecule has 4 rings (SSSR count). The fourth-order valence-corrected chi connectivity index (χ4v) is 3.82. The van der Waals surface area contributed by atoms with Crippen LogP contribution in [0, 0.1) is 6.92 Å². The van der Waals surface area contributed by atoms with Gasteiger partial charge in [-0.1, -0.05) is 29.8 Å². The smallest absolute Gasteiger partial charge is 0.307 e. The van der Waals surface area contributed by atoms with Crippen molar-refractivity contribution in [1.82, 2.24) is 14.9 Å². The number of imidazole rings is 1. The van der Waals surface area contributed by atoms with Gasteiger partial charge in [0, 0.05) is 40.1 Å². The molecule has 31 heavy (non-hydrogen) atoms. The molecule has 0 fully saturated rings. The van der Waals surface area contributed by atoms with Crippen molar-refractivity contribution in [2.45, 2.75) is 19.9 Å². The fourth-order valence-electron chi connectivity index (χ4n) is 3.59. The highest BCUT2D eigenvalue weighted by Gasteiger charge is 2.23. The van der Waals surface area contributed by atoms with Gasteiger partial charge in [-0.2, -0.15) is 0 Å². The largest absolute Gasteiger partial charge is 0.469 e. The second-order valence-electron chi connectivity index (χ2n) is 7.11. The number of nitrogens with zero attached hydrogens (tertiary/aromatic N) is 3. The van der Waals surface area contributed by atoms with E-state index in [2.05, 4.69) is 15.0 Å². The Bertz CT molecular complexity index is 1200. The minimum Gasteiger partial charge on any atom is -0.469 e. The third kappa shape index (κ3) is 4.09. The number of benzene rings is 2. The molecule has 0 bridgehead atoms. The number of amides is 1. The van der Waals surface area contributed by atoms with Crippen LogP contribution in [0.2, 0.25) is 5.02 Å². The number of aliphatic imine (C=N–C) groups is 1. The Morgan fingerprint density at radius 3 is 2.77 bits per heavy atom. The average molecular weight is 437 g/mol. The lowest BCUT2D eigenvalue weighted by atomic mass is 9.98. The summed E-state index contributed by atoms with van der Waals surface area (Å²) in [5, 5.41) is 3.33. The number of aromatic nitrogens is 2. The highest BCUT2D eigenvalue weighted by molar-refractivity contribution is 6.35. The molecule has 1 aliphatic heterocycles. The number of rotatable bonds is 5. The van der Waals surface area contributed by atoms with Crippen LogP contribution in [0.3, 0.4) is 0 Å². The summed E-state index contributed by atoms with van der Waals surface area (Å²) in [7, 11) is 1.32. The second-order valence-corrected chi connectivity index (χ2v) is 7.52. The Morgan fingerprint density at radius 1 is 1.19 bits per heavy atom. The standard InChI is InChI=1S/C23H21ClN4O3/c1-14-12-26-20-13-27-22(16-5-3-4-6-18(16)24)17-11-15(7-8-19(17)28(14)20)23(30)25-10-9-21(29)31-2/h3-8,11-12H,9-10,13H2,1-2H3,(H,25,30). The van der Waals surface area contributed by atoms with E-state index >= 15 is 0 Å². The lowest BCUT2D eigenvalue weighted by Crippen LogP contribution is -2.26. The molecule has 3 aromatic rings. The molecule has 0 spiro atoms. The molecule has 0 radical (unpaired) electrons. The van der Waals surface area contributed by atoms with Gasteiger partial charge in [0.2, 0.25) is 0 Å². The number of hydrogen-bond acceptors (Lipinski definition) is 5. The maximum Gasteiger partial charge on any atom is 0.307 e. The van der Waals surface area contributed by atoms with Crippen LogP contribution < -0.4 is 5.32 Å². The van der Waals surface area contributed by atoms with Crippen LogP contribution in [-0.2, 0) is 16.1 Å². The van der Waals surface area contributed by atoms with Gasteiger partial charge < -0.3 is 10.1 Å². The Balaban J connectivity index is 1.77. The normalized spacial score (nSPS) is 12.3. The Hall–Kier alpha value is -3.45. The first kappa shape index (κ1) is 20.8. The number of carbonyl (C=O) groups is 2. The van der Waals surface area contributed by atoms with Crippen molar-refractivity contribution in [3.05, 3.63) is 81.9 Å². The van der Waals surface area contributed by atoms with Crippen LogP contribution in [-0.4, -0.2) is 40.8 Å². The maximum atomic E-state index is 12.7. The third-order valence-corrected chi connectivity index (χ3v) is 5.45. The highest BCUT2D eigenvalue weighted by Crippen LogP contribution is 2.29. The molecule has 8 heteroatoms. The number of hydrogen-bond donors (Lipinski definition) is 1. The highest BCUT2D eigenvalue weighted by atomic mass is 35.5. The summed E-state index contributed by atoms with van der Waals surface area (Å²) in [4.78, 5) is 33.3. The minimum absolute atomic E-state index is 0.108. The molecule has 0 unspecified atom stereocenters. The number of halogens is 1. The van der Waals surface area contributed by atoms with E-state index in [-0.39, 0.29) is 24.8 Å². The van der Waals surface area contributed by atoms with Gasteiger partial charge in [-0.3, -0.25) is 19.1 Å². The molecule has 2 heterocycles. The van der Waals surface area contributed by atoms with Crippen molar-refractivity contribution in [2.24, 2.45) is 4.99 Å². The molecule has 1 N–H and O–H groups in total. The van der Waals surface area contributed by atoms with Gasteiger partial charge in [-0.15, -0.1) is 0 Å². The number of fused-ring (bicyclic) bond motifs is 3.